The second-order valence-electron chi connectivity index (χ2n) is 18.6. The first kappa shape index (κ1) is 41.0. The lowest BCUT2D eigenvalue weighted by atomic mass is 9.62. The van der Waals surface area contributed by atoms with Crippen LogP contribution in [0.5, 0.6) is 5.75 Å². The van der Waals surface area contributed by atoms with Gasteiger partial charge in [0.05, 0.1) is 23.1 Å². The Morgan fingerprint density at radius 2 is 1.77 bits per heavy atom. The van der Waals surface area contributed by atoms with Crippen LogP contribution in [0.1, 0.15) is 93.6 Å². The number of ketones is 1. The fourth-order valence-corrected chi connectivity index (χ4v) is 12.6. The lowest BCUT2D eigenvalue weighted by molar-refractivity contribution is -0.119. The summed E-state index contributed by atoms with van der Waals surface area (Å²) in [7, 11) is -3.97. The number of piperazine rings is 2. The minimum absolute atomic E-state index is 0.0748. The highest BCUT2D eigenvalue weighted by atomic mass is 35.5. The Bertz CT molecular complexity index is 1950. The molecular formula is C44H62ClN5O6S. The number of Topliss-reactive ketones (excluding diaryl/α,β-unsaturated/α-hetero) is 1. The number of β-amino-alcohol motifs (C(OH)–C–C–N with tert-alkyl or cyclic N) is 1. The molecule has 3 fully saturated rings. The average Bonchev–Trinajstić information content (AvgIpc) is 3.31. The molecule has 2 aromatic rings. The van der Waals surface area contributed by atoms with E-state index in [-0.39, 0.29) is 34.5 Å². The standard InChI is InChI=1S/C44H62ClN5O6S/c1-30-6-4-16-44(53,28-48-19-21-49-20-18-47(17-14-31(2)51)25-37(49)26-48)39-11-8-35(39)24-50-27-43(15-5-7-33-22-36(45)10-12-38(33)43)29-56-41-13-9-34(23-40(41)50)42(52)46-57(54,55)32(30)3/h9-10,12-13,22-23,30,32,35,37,39,53H,4-8,11,14-21,24-29H2,1-3H3,(H,46,52)/t30-,32+,35-,37+,39+,43-,44?/m0/s1. The van der Waals surface area contributed by atoms with E-state index in [0.29, 0.717) is 63.7 Å². The van der Waals surface area contributed by atoms with E-state index in [1.165, 1.54) is 11.1 Å². The van der Waals surface area contributed by atoms with Gasteiger partial charge in [-0.3, -0.25) is 19.4 Å². The molecule has 1 saturated carbocycles. The lowest BCUT2D eigenvalue weighted by Gasteiger charge is -2.53. The third-order valence-corrected chi connectivity index (χ3v) is 16.9. The minimum atomic E-state index is -3.97. The number of anilines is 1. The first-order valence-corrected chi connectivity index (χ1v) is 23.4. The maximum Gasteiger partial charge on any atom is 0.264 e. The predicted molar refractivity (Wildman–Crippen MR) is 224 cm³/mol. The third-order valence-electron chi connectivity index (χ3n) is 14.8. The van der Waals surface area contributed by atoms with Crippen LogP contribution in [0.3, 0.4) is 0 Å². The van der Waals surface area contributed by atoms with Crippen LogP contribution in [0, 0.1) is 17.8 Å². The molecular weight excluding hydrogens is 762 g/mol. The number of fused-ring (bicyclic) bond motifs is 5. The van der Waals surface area contributed by atoms with Crippen LogP contribution in [0.2, 0.25) is 5.02 Å². The van der Waals surface area contributed by atoms with Crippen molar-refractivity contribution >= 4 is 39.0 Å². The first-order chi connectivity index (χ1) is 27.2. The molecule has 13 heteroatoms. The molecule has 7 atom stereocenters. The molecule has 4 aliphatic heterocycles. The maximum atomic E-state index is 13.7. The van der Waals surface area contributed by atoms with Gasteiger partial charge < -0.3 is 19.6 Å². The predicted octanol–water partition coefficient (Wildman–Crippen LogP) is 5.12. The van der Waals surface area contributed by atoms with Crippen molar-refractivity contribution in [2.24, 2.45) is 17.8 Å². The van der Waals surface area contributed by atoms with Gasteiger partial charge in [-0.2, -0.15) is 0 Å². The molecule has 2 aliphatic carbocycles. The highest BCUT2D eigenvalue weighted by Crippen LogP contribution is 2.49. The van der Waals surface area contributed by atoms with Crippen molar-refractivity contribution in [3.8, 4) is 5.75 Å². The summed E-state index contributed by atoms with van der Waals surface area (Å²) in [6.45, 7) is 14.2. The second kappa shape index (κ2) is 16.4. The van der Waals surface area contributed by atoms with Crippen LogP contribution >= 0.6 is 11.6 Å². The molecule has 2 N–H and O–H groups in total. The number of hydrogen-bond acceptors (Lipinski definition) is 10. The number of sulfonamides is 1. The average molecular weight is 825 g/mol. The molecule has 8 rings (SSSR count). The zero-order chi connectivity index (χ0) is 40.1. The summed E-state index contributed by atoms with van der Waals surface area (Å²) < 4.78 is 36.4. The molecule has 2 aromatic carbocycles. The number of carbonyl (C=O) groups is 2. The van der Waals surface area contributed by atoms with Crippen molar-refractivity contribution in [3.63, 3.8) is 0 Å². The molecule has 57 heavy (non-hydrogen) atoms. The van der Waals surface area contributed by atoms with Gasteiger partial charge in [0.15, 0.2) is 0 Å². The molecule has 2 saturated heterocycles. The molecule has 6 aliphatic rings. The van der Waals surface area contributed by atoms with Crippen LogP contribution in [0.15, 0.2) is 36.4 Å². The Balaban J connectivity index is 1.11. The van der Waals surface area contributed by atoms with Gasteiger partial charge in [-0.1, -0.05) is 31.0 Å². The second-order valence-corrected chi connectivity index (χ2v) is 21.0. The molecule has 4 heterocycles. The fourth-order valence-electron chi connectivity index (χ4n) is 11.1. The Kier molecular flexibility index (Phi) is 11.8. The topological polar surface area (TPSA) is 123 Å². The van der Waals surface area contributed by atoms with Gasteiger partial charge in [0.2, 0.25) is 10.0 Å². The normalized spacial score (nSPS) is 33.8. The van der Waals surface area contributed by atoms with E-state index >= 15 is 0 Å². The highest BCUT2D eigenvalue weighted by Gasteiger charge is 2.50. The van der Waals surface area contributed by atoms with Crippen molar-refractivity contribution in [2.75, 3.05) is 77.0 Å². The van der Waals surface area contributed by atoms with Crippen LogP contribution in [-0.4, -0.2) is 129 Å². The molecule has 312 valence electrons. The summed E-state index contributed by atoms with van der Waals surface area (Å²) in [5.74, 6) is 0.376. The van der Waals surface area contributed by atoms with Crippen LogP contribution < -0.4 is 14.4 Å². The summed E-state index contributed by atoms with van der Waals surface area (Å²) in [6.07, 6.45) is 7.37. The molecule has 1 unspecified atom stereocenters. The van der Waals surface area contributed by atoms with E-state index in [1.807, 2.05) is 25.1 Å². The van der Waals surface area contributed by atoms with Gasteiger partial charge in [-0.05, 0) is 118 Å². The summed E-state index contributed by atoms with van der Waals surface area (Å²) in [4.78, 5) is 35.3. The Hall–Kier alpha value is -2.74. The maximum absolute atomic E-state index is 13.7. The van der Waals surface area contributed by atoms with Crippen molar-refractivity contribution in [1.82, 2.24) is 19.4 Å². The Labute approximate surface area is 344 Å². The zero-order valence-electron chi connectivity index (χ0n) is 34.1. The van der Waals surface area contributed by atoms with E-state index in [1.54, 1.807) is 19.9 Å². The van der Waals surface area contributed by atoms with Gasteiger partial charge in [0.1, 0.15) is 11.5 Å². The Morgan fingerprint density at radius 3 is 2.54 bits per heavy atom. The van der Waals surface area contributed by atoms with E-state index in [9.17, 15) is 23.1 Å². The van der Waals surface area contributed by atoms with Crippen molar-refractivity contribution in [1.29, 1.82) is 0 Å². The number of benzene rings is 2. The quantitative estimate of drug-likeness (QED) is 0.421. The van der Waals surface area contributed by atoms with E-state index in [2.05, 4.69) is 36.5 Å². The molecule has 11 nitrogen and oxygen atoms in total. The highest BCUT2D eigenvalue weighted by molar-refractivity contribution is 7.90. The number of halogens is 1. The number of ether oxygens (including phenoxy) is 1. The minimum Gasteiger partial charge on any atom is -0.490 e. The molecule has 0 aromatic heterocycles. The number of hydrogen-bond donors (Lipinski definition) is 2. The number of amides is 1. The number of rotatable bonds is 5. The summed E-state index contributed by atoms with van der Waals surface area (Å²) >= 11 is 6.51. The van der Waals surface area contributed by atoms with Crippen molar-refractivity contribution in [3.05, 3.63) is 58.1 Å². The van der Waals surface area contributed by atoms with Gasteiger partial charge in [-0.15, -0.1) is 0 Å². The SMILES string of the molecule is CC(=O)CCN1CCN2CCN(CC3(O)CCC[C@H](C)[C@@H](C)S(=O)(=O)NC(=O)c4ccc5c(c4)N(C[C@@H]4CC[C@H]43)C[C@@]3(CCCc4cc(Cl)ccc43)CO5)C[C@H]2C1. The Morgan fingerprint density at radius 1 is 0.982 bits per heavy atom. The van der Waals surface area contributed by atoms with Crippen molar-refractivity contribution in [2.45, 2.75) is 101 Å². The number of aliphatic hydroxyl groups is 1. The van der Waals surface area contributed by atoms with Gasteiger partial charge in [0, 0.05) is 93.9 Å². The number of nitrogens with zero attached hydrogens (tertiary/aromatic N) is 4. The van der Waals surface area contributed by atoms with E-state index < -0.39 is 26.8 Å². The largest absolute Gasteiger partial charge is 0.490 e. The zero-order valence-corrected chi connectivity index (χ0v) is 35.6. The smallest absolute Gasteiger partial charge is 0.264 e. The van der Waals surface area contributed by atoms with E-state index in [4.69, 9.17) is 16.3 Å². The molecule has 0 radical (unpaired) electrons. The summed E-state index contributed by atoms with van der Waals surface area (Å²) in [5.41, 5.74) is 2.34. The van der Waals surface area contributed by atoms with E-state index in [0.717, 1.165) is 88.6 Å². The number of aryl methyl sites for hydroxylation is 1. The van der Waals surface area contributed by atoms with Crippen LogP contribution in [-0.2, 0) is 26.7 Å². The monoisotopic (exact) mass is 823 g/mol. The number of carbonyl (C=O) groups excluding carboxylic acids is 2. The molecule has 1 amide bonds. The van der Waals surface area contributed by atoms with Gasteiger partial charge >= 0.3 is 0 Å². The fraction of sp³-hybridized carbons (Fsp3) is 0.682. The lowest BCUT2D eigenvalue weighted by Crippen LogP contribution is -2.64. The van der Waals surface area contributed by atoms with Gasteiger partial charge in [0.25, 0.3) is 5.91 Å². The first-order valence-electron chi connectivity index (χ1n) is 21.5. The van der Waals surface area contributed by atoms with Gasteiger partial charge in [-0.25, -0.2) is 13.1 Å². The molecule has 1 spiro atoms. The third kappa shape index (κ3) is 8.51. The van der Waals surface area contributed by atoms with Crippen LogP contribution in [0.25, 0.3) is 0 Å². The summed E-state index contributed by atoms with van der Waals surface area (Å²) in [6, 6.07) is 11.9. The summed E-state index contributed by atoms with van der Waals surface area (Å²) in [5, 5.41) is 13.0. The number of nitrogens with one attached hydrogen (secondary N) is 1. The molecule has 2 bridgehead atoms. The van der Waals surface area contributed by atoms with Crippen LogP contribution in [0.4, 0.5) is 5.69 Å². The van der Waals surface area contributed by atoms with Crippen molar-refractivity contribution < 1.29 is 27.9 Å².